The highest BCUT2D eigenvalue weighted by atomic mass is 16.5. The summed E-state index contributed by atoms with van der Waals surface area (Å²) in [6.45, 7) is 4.97. The number of ether oxygens (including phenoxy) is 1. The Morgan fingerprint density at radius 1 is 1.40 bits per heavy atom. The maximum atomic E-state index is 6.34. The molecule has 0 bridgehead atoms. The van der Waals surface area contributed by atoms with Gasteiger partial charge in [-0.1, -0.05) is 29.8 Å². The summed E-state index contributed by atoms with van der Waals surface area (Å²) in [4.78, 5) is 0. The first-order chi connectivity index (χ1) is 9.65. The highest BCUT2D eigenvalue weighted by molar-refractivity contribution is 5.29. The minimum atomic E-state index is -0.0621. The topological polar surface area (TPSA) is 53.1 Å². The second-order valence-electron chi connectivity index (χ2n) is 5.05. The minimum absolute atomic E-state index is 0.0621. The van der Waals surface area contributed by atoms with E-state index in [9.17, 15) is 0 Å². The highest BCUT2D eigenvalue weighted by Crippen LogP contribution is 2.26. The third-order valence-electron chi connectivity index (χ3n) is 3.54. The molecule has 0 fully saturated rings. The van der Waals surface area contributed by atoms with Crippen molar-refractivity contribution in [1.29, 1.82) is 0 Å². The van der Waals surface area contributed by atoms with Crippen LogP contribution in [0, 0.1) is 6.92 Å². The molecular weight excluding hydrogens is 250 g/mol. The van der Waals surface area contributed by atoms with E-state index >= 15 is 0 Å². The molecule has 1 atom stereocenters. The van der Waals surface area contributed by atoms with Crippen LogP contribution in [0.5, 0.6) is 5.75 Å². The zero-order valence-electron chi connectivity index (χ0n) is 12.5. The lowest BCUT2D eigenvalue weighted by atomic mass is 10.0. The van der Waals surface area contributed by atoms with Crippen molar-refractivity contribution in [2.75, 3.05) is 7.11 Å². The fourth-order valence-corrected chi connectivity index (χ4v) is 2.49. The molecule has 20 heavy (non-hydrogen) atoms. The van der Waals surface area contributed by atoms with Gasteiger partial charge in [-0.2, -0.15) is 5.10 Å². The molecule has 0 spiro atoms. The molecule has 0 aliphatic heterocycles. The number of methoxy groups -OCH3 is 1. The largest absolute Gasteiger partial charge is 0.493 e. The van der Waals surface area contributed by atoms with Crippen LogP contribution >= 0.6 is 0 Å². The van der Waals surface area contributed by atoms with Gasteiger partial charge < -0.3 is 10.5 Å². The van der Waals surface area contributed by atoms with Crippen molar-refractivity contribution >= 4 is 0 Å². The van der Waals surface area contributed by atoms with Gasteiger partial charge in [-0.25, -0.2) is 0 Å². The standard InChI is InChI=1S/C16H23N3O/c1-4-19-16(15(20-3)11-18-19)14(17)9-8-13-7-5-6-12(2)10-13/h5-7,10-11,14H,4,8-9,17H2,1-3H3. The number of aryl methyl sites for hydroxylation is 3. The van der Waals surface area contributed by atoms with Crippen molar-refractivity contribution in [1.82, 2.24) is 9.78 Å². The summed E-state index contributed by atoms with van der Waals surface area (Å²) < 4.78 is 7.27. The van der Waals surface area contributed by atoms with E-state index in [1.807, 2.05) is 4.68 Å². The van der Waals surface area contributed by atoms with Gasteiger partial charge in [0.25, 0.3) is 0 Å². The maximum Gasteiger partial charge on any atom is 0.161 e. The molecule has 1 aromatic carbocycles. The zero-order chi connectivity index (χ0) is 14.5. The monoisotopic (exact) mass is 273 g/mol. The summed E-state index contributed by atoms with van der Waals surface area (Å²) in [5.41, 5.74) is 9.93. The summed E-state index contributed by atoms with van der Waals surface area (Å²) in [7, 11) is 1.66. The van der Waals surface area contributed by atoms with Gasteiger partial charge in [0.05, 0.1) is 25.0 Å². The molecule has 1 aromatic heterocycles. The third kappa shape index (κ3) is 3.20. The number of hydrogen-bond acceptors (Lipinski definition) is 3. The predicted octanol–water partition coefficient (Wildman–Crippen LogP) is 2.85. The van der Waals surface area contributed by atoms with Crippen LogP contribution in [-0.2, 0) is 13.0 Å². The van der Waals surface area contributed by atoms with Gasteiger partial charge in [0, 0.05) is 6.54 Å². The van der Waals surface area contributed by atoms with Crippen molar-refractivity contribution in [2.45, 2.75) is 39.3 Å². The van der Waals surface area contributed by atoms with E-state index in [0.29, 0.717) is 0 Å². The van der Waals surface area contributed by atoms with Crippen LogP contribution in [0.2, 0.25) is 0 Å². The van der Waals surface area contributed by atoms with Crippen LogP contribution < -0.4 is 10.5 Å². The number of rotatable bonds is 6. The first-order valence-electron chi connectivity index (χ1n) is 7.06. The molecule has 0 saturated carbocycles. The molecule has 4 heteroatoms. The second-order valence-corrected chi connectivity index (χ2v) is 5.05. The Hall–Kier alpha value is -1.81. The van der Waals surface area contributed by atoms with Gasteiger partial charge in [0.1, 0.15) is 0 Å². The summed E-state index contributed by atoms with van der Waals surface area (Å²) in [5, 5.41) is 4.31. The van der Waals surface area contributed by atoms with Crippen molar-refractivity contribution < 1.29 is 4.74 Å². The van der Waals surface area contributed by atoms with Crippen LogP contribution in [0.15, 0.2) is 30.5 Å². The SMILES string of the molecule is CCn1ncc(OC)c1C(N)CCc1cccc(C)c1. The van der Waals surface area contributed by atoms with Gasteiger partial charge in [-0.3, -0.25) is 4.68 Å². The van der Waals surface area contributed by atoms with Gasteiger partial charge in [-0.05, 0) is 32.3 Å². The Morgan fingerprint density at radius 2 is 2.20 bits per heavy atom. The van der Waals surface area contributed by atoms with Crippen LogP contribution in [0.4, 0.5) is 0 Å². The number of aromatic nitrogens is 2. The van der Waals surface area contributed by atoms with Crippen LogP contribution in [0.1, 0.15) is 36.2 Å². The van der Waals surface area contributed by atoms with E-state index in [1.54, 1.807) is 13.3 Å². The fourth-order valence-electron chi connectivity index (χ4n) is 2.49. The third-order valence-corrected chi connectivity index (χ3v) is 3.54. The molecule has 2 aromatic rings. The van der Waals surface area contributed by atoms with Crippen LogP contribution in [-0.4, -0.2) is 16.9 Å². The van der Waals surface area contributed by atoms with Crippen molar-refractivity contribution in [3.63, 3.8) is 0 Å². The minimum Gasteiger partial charge on any atom is -0.493 e. The van der Waals surface area contributed by atoms with Crippen molar-refractivity contribution in [2.24, 2.45) is 5.73 Å². The van der Waals surface area contributed by atoms with E-state index in [-0.39, 0.29) is 6.04 Å². The normalized spacial score (nSPS) is 12.4. The number of nitrogens with zero attached hydrogens (tertiary/aromatic N) is 2. The molecule has 0 amide bonds. The molecule has 0 saturated heterocycles. The average Bonchev–Trinajstić information content (AvgIpc) is 2.88. The molecule has 108 valence electrons. The lowest BCUT2D eigenvalue weighted by Crippen LogP contribution is -2.17. The van der Waals surface area contributed by atoms with Crippen LogP contribution in [0.3, 0.4) is 0 Å². The molecule has 1 heterocycles. The zero-order valence-corrected chi connectivity index (χ0v) is 12.5. The second kappa shape index (κ2) is 6.57. The first kappa shape index (κ1) is 14.6. The van der Waals surface area contributed by atoms with E-state index in [1.165, 1.54) is 11.1 Å². The van der Waals surface area contributed by atoms with E-state index in [2.05, 4.69) is 43.2 Å². The summed E-state index contributed by atoms with van der Waals surface area (Å²) in [6, 6.07) is 8.49. The molecule has 4 nitrogen and oxygen atoms in total. The van der Waals surface area contributed by atoms with Crippen molar-refractivity contribution in [3.05, 3.63) is 47.3 Å². The Labute approximate surface area is 120 Å². The Morgan fingerprint density at radius 3 is 2.85 bits per heavy atom. The quantitative estimate of drug-likeness (QED) is 0.880. The predicted molar refractivity (Wildman–Crippen MR) is 80.9 cm³/mol. The van der Waals surface area contributed by atoms with E-state index < -0.39 is 0 Å². The smallest absolute Gasteiger partial charge is 0.161 e. The first-order valence-corrected chi connectivity index (χ1v) is 7.06. The van der Waals surface area contributed by atoms with Crippen LogP contribution in [0.25, 0.3) is 0 Å². The van der Waals surface area contributed by atoms with Crippen molar-refractivity contribution in [3.8, 4) is 5.75 Å². The lowest BCUT2D eigenvalue weighted by Gasteiger charge is -2.15. The molecular formula is C16H23N3O. The van der Waals surface area contributed by atoms with Gasteiger partial charge >= 0.3 is 0 Å². The average molecular weight is 273 g/mol. The molecule has 1 unspecified atom stereocenters. The fraction of sp³-hybridized carbons (Fsp3) is 0.438. The maximum absolute atomic E-state index is 6.34. The number of nitrogens with two attached hydrogens (primary N) is 1. The Balaban J connectivity index is 2.08. The van der Waals surface area contributed by atoms with E-state index in [4.69, 9.17) is 10.5 Å². The van der Waals surface area contributed by atoms with Gasteiger partial charge in [-0.15, -0.1) is 0 Å². The molecule has 0 radical (unpaired) electrons. The summed E-state index contributed by atoms with van der Waals surface area (Å²) >= 11 is 0. The van der Waals surface area contributed by atoms with E-state index in [0.717, 1.165) is 30.8 Å². The summed E-state index contributed by atoms with van der Waals surface area (Å²) in [6.07, 6.45) is 3.58. The molecule has 2 rings (SSSR count). The van der Waals surface area contributed by atoms with Gasteiger partial charge in [0.2, 0.25) is 0 Å². The molecule has 2 N–H and O–H groups in total. The molecule has 0 aliphatic rings. The van der Waals surface area contributed by atoms with Gasteiger partial charge in [0.15, 0.2) is 5.75 Å². The highest BCUT2D eigenvalue weighted by Gasteiger charge is 2.17. The summed E-state index contributed by atoms with van der Waals surface area (Å²) in [5.74, 6) is 0.781. The number of benzene rings is 1. The Bertz CT molecular complexity index is 541. The molecule has 0 aliphatic carbocycles. The lowest BCUT2D eigenvalue weighted by molar-refractivity contribution is 0.399. The number of hydrogen-bond donors (Lipinski definition) is 1. The Kier molecular flexibility index (Phi) is 4.79.